The van der Waals surface area contributed by atoms with E-state index in [4.69, 9.17) is 9.84 Å². The summed E-state index contributed by atoms with van der Waals surface area (Å²) in [6, 6.07) is 0. The fourth-order valence-corrected chi connectivity index (χ4v) is 5.14. The zero-order chi connectivity index (χ0) is 32.9. The average Bonchev–Trinajstić information content (AvgIpc) is 3.01. The molecule has 1 unspecified atom stereocenters. The van der Waals surface area contributed by atoms with Crippen LogP contribution < -0.4 is 0 Å². The van der Waals surface area contributed by atoms with Gasteiger partial charge in [-0.25, -0.2) is 4.79 Å². The van der Waals surface area contributed by atoms with Gasteiger partial charge in [-0.05, 0) is 130 Å². The highest BCUT2D eigenvalue weighted by Gasteiger charge is 2.12. The van der Waals surface area contributed by atoms with Crippen LogP contribution >= 0.6 is 0 Å². The van der Waals surface area contributed by atoms with Gasteiger partial charge >= 0.3 is 6.16 Å². The molecule has 0 bridgehead atoms. The number of hydrogen-bond donors (Lipinski definition) is 1. The Morgan fingerprint density at radius 2 is 0.889 bits per heavy atom. The fourth-order valence-electron chi connectivity index (χ4n) is 5.14. The third-order valence-electron chi connectivity index (χ3n) is 7.85. The minimum absolute atomic E-state index is 0.178. The van der Waals surface area contributed by atoms with Crippen molar-refractivity contribution in [1.82, 2.24) is 4.90 Å². The number of carboxylic acid groups (broad SMARTS) is 1. The largest absolute Gasteiger partial charge is 0.506 e. The lowest BCUT2D eigenvalue weighted by atomic mass is 10.0. The van der Waals surface area contributed by atoms with Gasteiger partial charge in [-0.3, -0.25) is 0 Å². The second-order valence-corrected chi connectivity index (χ2v) is 12.6. The van der Waals surface area contributed by atoms with E-state index in [1.807, 2.05) is 0 Å². The molecule has 0 aromatic carbocycles. The van der Waals surface area contributed by atoms with Crippen LogP contribution in [0.3, 0.4) is 0 Å². The Bertz CT molecular complexity index is 806. The van der Waals surface area contributed by atoms with Crippen molar-refractivity contribution in [3.8, 4) is 0 Å². The topological polar surface area (TPSA) is 49.8 Å². The molecule has 0 fully saturated rings. The SMILES string of the molecule is CCCCC/C=C\C/C=C\C/C=C\CCCCC(CCCC/C=C\C/C=C\C/C=C\CCCCCCCCN(C)C)OC(=O)O. The van der Waals surface area contributed by atoms with E-state index in [0.717, 1.165) is 77.0 Å². The van der Waals surface area contributed by atoms with E-state index in [1.165, 1.54) is 77.2 Å². The zero-order valence-corrected chi connectivity index (χ0v) is 29.7. The minimum atomic E-state index is -1.15. The van der Waals surface area contributed by atoms with E-state index in [0.29, 0.717) is 0 Å². The number of ether oxygens (including phenoxy) is 1. The number of unbranched alkanes of at least 4 members (excludes halogenated alkanes) is 13. The molecule has 4 nitrogen and oxygen atoms in total. The lowest BCUT2D eigenvalue weighted by molar-refractivity contribution is 0.0424. The first-order valence-corrected chi connectivity index (χ1v) is 18.5. The summed E-state index contributed by atoms with van der Waals surface area (Å²) in [4.78, 5) is 13.4. The minimum Gasteiger partial charge on any atom is -0.450 e. The Balaban J connectivity index is 3.75. The van der Waals surface area contributed by atoms with Gasteiger partial charge in [0.1, 0.15) is 6.10 Å². The zero-order valence-electron chi connectivity index (χ0n) is 29.7. The summed E-state index contributed by atoms with van der Waals surface area (Å²) in [5.41, 5.74) is 0. The second kappa shape index (κ2) is 36.1. The van der Waals surface area contributed by atoms with Crippen molar-refractivity contribution in [3.05, 3.63) is 72.9 Å². The lowest BCUT2D eigenvalue weighted by Gasteiger charge is -2.15. The molecule has 258 valence electrons. The molecule has 0 aliphatic carbocycles. The Hall–Kier alpha value is -2.33. The standard InChI is InChI=1S/C41H71NO3/c1-4-5-6-7-8-9-10-11-16-19-22-25-28-31-34-37-40(45-41(43)44)38-35-32-29-26-23-20-17-14-12-13-15-18-21-24-27-30-33-36-39-42(2)3/h8-9,11,13-17,22-23,25-26,40H,4-7,10,12,18-21,24,27-39H2,1-3H3,(H,43,44)/b9-8-,15-13-,16-11-,17-14-,25-22-,26-23-. The first kappa shape index (κ1) is 42.7. The van der Waals surface area contributed by atoms with E-state index >= 15 is 0 Å². The van der Waals surface area contributed by atoms with Crippen LogP contribution in [0, 0.1) is 0 Å². The molecule has 0 radical (unpaired) electrons. The molecule has 4 heteroatoms. The molecule has 0 heterocycles. The Kier molecular flexibility index (Phi) is 34.3. The van der Waals surface area contributed by atoms with Gasteiger partial charge in [0.05, 0.1) is 0 Å². The van der Waals surface area contributed by atoms with Crippen LogP contribution in [0.25, 0.3) is 0 Å². The van der Waals surface area contributed by atoms with Crippen molar-refractivity contribution in [2.45, 2.75) is 161 Å². The highest BCUT2D eigenvalue weighted by atomic mass is 16.7. The van der Waals surface area contributed by atoms with Crippen molar-refractivity contribution < 1.29 is 14.6 Å². The first-order chi connectivity index (χ1) is 22.1. The van der Waals surface area contributed by atoms with Gasteiger partial charge < -0.3 is 14.7 Å². The van der Waals surface area contributed by atoms with Crippen molar-refractivity contribution >= 4 is 6.16 Å². The summed E-state index contributed by atoms with van der Waals surface area (Å²) in [6.07, 6.45) is 52.1. The number of nitrogens with zero attached hydrogens (tertiary/aromatic N) is 1. The smallest absolute Gasteiger partial charge is 0.450 e. The molecule has 1 N–H and O–H groups in total. The summed E-state index contributed by atoms with van der Waals surface area (Å²) < 4.78 is 5.16. The normalized spacial score (nSPS) is 13.3. The van der Waals surface area contributed by atoms with E-state index in [9.17, 15) is 4.79 Å². The first-order valence-electron chi connectivity index (χ1n) is 18.5. The van der Waals surface area contributed by atoms with Crippen LogP contribution in [-0.2, 0) is 4.74 Å². The van der Waals surface area contributed by atoms with Crippen molar-refractivity contribution in [2.24, 2.45) is 0 Å². The van der Waals surface area contributed by atoms with Gasteiger partial charge in [-0.1, -0.05) is 118 Å². The molecule has 0 spiro atoms. The molecule has 0 aromatic rings. The van der Waals surface area contributed by atoms with E-state index in [-0.39, 0.29) is 6.10 Å². The van der Waals surface area contributed by atoms with Gasteiger partial charge in [0, 0.05) is 0 Å². The molecular weight excluding hydrogens is 554 g/mol. The molecule has 0 aliphatic rings. The third-order valence-corrected chi connectivity index (χ3v) is 7.85. The van der Waals surface area contributed by atoms with Gasteiger partial charge in [0.25, 0.3) is 0 Å². The molecule has 45 heavy (non-hydrogen) atoms. The maximum Gasteiger partial charge on any atom is 0.506 e. The van der Waals surface area contributed by atoms with Crippen molar-refractivity contribution in [2.75, 3.05) is 20.6 Å². The average molecular weight is 626 g/mol. The predicted molar refractivity (Wildman–Crippen MR) is 198 cm³/mol. The molecule has 0 aromatic heterocycles. The monoisotopic (exact) mass is 626 g/mol. The summed E-state index contributed by atoms with van der Waals surface area (Å²) in [6.45, 7) is 3.46. The summed E-state index contributed by atoms with van der Waals surface area (Å²) in [5, 5.41) is 9.11. The van der Waals surface area contributed by atoms with Gasteiger partial charge in [0.15, 0.2) is 0 Å². The molecule has 0 rings (SSSR count). The summed E-state index contributed by atoms with van der Waals surface area (Å²) >= 11 is 0. The predicted octanol–water partition coefficient (Wildman–Crippen LogP) is 12.9. The van der Waals surface area contributed by atoms with Crippen LogP contribution in [0.5, 0.6) is 0 Å². The number of carbonyl (C=O) groups is 1. The molecule has 0 aliphatic heterocycles. The molecule has 0 amide bonds. The maximum atomic E-state index is 11.1. The van der Waals surface area contributed by atoms with Crippen LogP contribution in [0.4, 0.5) is 4.79 Å². The Morgan fingerprint density at radius 3 is 1.29 bits per heavy atom. The quantitative estimate of drug-likeness (QED) is 0.0459. The van der Waals surface area contributed by atoms with Crippen LogP contribution in [0.1, 0.15) is 155 Å². The summed E-state index contributed by atoms with van der Waals surface area (Å²) in [5.74, 6) is 0. The van der Waals surface area contributed by atoms with Gasteiger partial charge in [0.2, 0.25) is 0 Å². The summed E-state index contributed by atoms with van der Waals surface area (Å²) in [7, 11) is 4.30. The lowest BCUT2D eigenvalue weighted by Crippen LogP contribution is -2.16. The number of hydrogen-bond acceptors (Lipinski definition) is 3. The van der Waals surface area contributed by atoms with Crippen LogP contribution in [0.2, 0.25) is 0 Å². The van der Waals surface area contributed by atoms with Crippen LogP contribution in [-0.4, -0.2) is 42.9 Å². The van der Waals surface area contributed by atoms with Crippen LogP contribution in [0.15, 0.2) is 72.9 Å². The van der Waals surface area contributed by atoms with E-state index in [1.54, 1.807) is 0 Å². The van der Waals surface area contributed by atoms with E-state index < -0.39 is 6.16 Å². The van der Waals surface area contributed by atoms with E-state index in [2.05, 4.69) is 98.8 Å². The highest BCUT2D eigenvalue weighted by molar-refractivity contribution is 5.57. The Labute approximate surface area is 279 Å². The van der Waals surface area contributed by atoms with Gasteiger partial charge in [-0.15, -0.1) is 0 Å². The second-order valence-electron chi connectivity index (χ2n) is 12.6. The van der Waals surface area contributed by atoms with Gasteiger partial charge in [-0.2, -0.15) is 0 Å². The maximum absolute atomic E-state index is 11.1. The number of rotatable bonds is 32. The molecule has 0 saturated carbocycles. The molecule has 1 atom stereocenters. The Morgan fingerprint density at radius 1 is 0.533 bits per heavy atom. The van der Waals surface area contributed by atoms with Crippen molar-refractivity contribution in [1.29, 1.82) is 0 Å². The fraction of sp³-hybridized carbons (Fsp3) is 0.683. The molecular formula is C41H71NO3. The molecule has 0 saturated heterocycles. The highest BCUT2D eigenvalue weighted by Crippen LogP contribution is 2.15. The van der Waals surface area contributed by atoms with Crippen molar-refractivity contribution in [3.63, 3.8) is 0 Å². The third kappa shape index (κ3) is 37.8. The number of allylic oxidation sites excluding steroid dienone is 12.